The highest BCUT2D eigenvalue weighted by atomic mass is 35.5. The lowest BCUT2D eigenvalue weighted by atomic mass is 10.1. The third kappa shape index (κ3) is 3.52. The number of aromatic amines is 1. The fraction of sp³-hybridized carbons (Fsp3) is 0.143. The summed E-state index contributed by atoms with van der Waals surface area (Å²) in [5, 5.41) is 12.0. The number of methoxy groups -OCH3 is 3. The van der Waals surface area contributed by atoms with Gasteiger partial charge in [-0.2, -0.15) is 5.10 Å². The fourth-order valence-electron chi connectivity index (χ4n) is 3.18. The summed E-state index contributed by atoms with van der Waals surface area (Å²) in [6, 6.07) is 15.3. The lowest BCUT2D eigenvalue weighted by Crippen LogP contribution is -1.99. The summed E-state index contributed by atoms with van der Waals surface area (Å²) in [6.07, 6.45) is 0. The van der Waals surface area contributed by atoms with E-state index < -0.39 is 0 Å². The van der Waals surface area contributed by atoms with Crippen molar-refractivity contribution in [2.45, 2.75) is 0 Å². The highest BCUT2D eigenvalue weighted by Crippen LogP contribution is 2.41. The van der Waals surface area contributed by atoms with Gasteiger partial charge in [0.1, 0.15) is 16.4 Å². The van der Waals surface area contributed by atoms with Crippen LogP contribution in [0.4, 0.5) is 11.5 Å². The Kier molecular flexibility index (Phi) is 5.14. The van der Waals surface area contributed by atoms with Gasteiger partial charge in [0.05, 0.1) is 21.3 Å². The first-order chi connectivity index (χ1) is 14.1. The molecule has 0 radical (unpaired) electrons. The molecule has 0 aliphatic carbocycles. The fourth-order valence-corrected chi connectivity index (χ4v) is 3.38. The number of nitrogens with one attached hydrogen (secondary N) is 2. The van der Waals surface area contributed by atoms with Crippen LogP contribution < -0.4 is 19.5 Å². The zero-order valence-electron chi connectivity index (χ0n) is 16.1. The SMILES string of the molecule is COc1cc(Nc2nc(Cl)cc3c(-c4ccccc4)n[nH]c23)cc(OC)c1OC. The molecule has 0 aliphatic heterocycles. The van der Waals surface area contributed by atoms with E-state index in [1.807, 2.05) is 30.3 Å². The number of hydrogen-bond acceptors (Lipinski definition) is 6. The minimum Gasteiger partial charge on any atom is -0.493 e. The Morgan fingerprint density at radius 3 is 2.24 bits per heavy atom. The zero-order chi connectivity index (χ0) is 20.4. The van der Waals surface area contributed by atoms with Gasteiger partial charge >= 0.3 is 0 Å². The standard InChI is InChI=1S/C21H19ClN4O3/c1-27-15-9-13(10-16(28-2)20(15)29-3)23-21-19-14(11-17(22)24-21)18(25-26-19)12-7-5-4-6-8-12/h4-11H,1-3H3,(H,23,24)(H,25,26). The Morgan fingerprint density at radius 2 is 1.62 bits per heavy atom. The quantitative estimate of drug-likeness (QED) is 0.433. The Labute approximate surface area is 172 Å². The average molecular weight is 411 g/mol. The van der Waals surface area contributed by atoms with Crippen molar-refractivity contribution in [3.8, 4) is 28.5 Å². The van der Waals surface area contributed by atoms with Crippen LogP contribution in [0.1, 0.15) is 0 Å². The van der Waals surface area contributed by atoms with Crippen molar-refractivity contribution in [3.63, 3.8) is 0 Å². The van der Waals surface area contributed by atoms with Gasteiger partial charge in [0, 0.05) is 28.8 Å². The first-order valence-electron chi connectivity index (χ1n) is 8.81. The molecule has 0 spiro atoms. The highest BCUT2D eigenvalue weighted by Gasteiger charge is 2.17. The van der Waals surface area contributed by atoms with Crippen molar-refractivity contribution in [2.75, 3.05) is 26.6 Å². The van der Waals surface area contributed by atoms with E-state index in [0.29, 0.717) is 33.9 Å². The smallest absolute Gasteiger partial charge is 0.203 e. The molecule has 0 aliphatic rings. The number of H-pyrrole nitrogens is 1. The second kappa shape index (κ2) is 7.89. The first-order valence-corrected chi connectivity index (χ1v) is 9.19. The number of nitrogens with zero attached hydrogens (tertiary/aromatic N) is 2. The highest BCUT2D eigenvalue weighted by molar-refractivity contribution is 6.30. The predicted molar refractivity (Wildman–Crippen MR) is 114 cm³/mol. The summed E-state index contributed by atoms with van der Waals surface area (Å²) in [6.45, 7) is 0. The van der Waals surface area contributed by atoms with E-state index in [-0.39, 0.29) is 0 Å². The summed E-state index contributed by atoms with van der Waals surface area (Å²) in [5.74, 6) is 2.11. The summed E-state index contributed by atoms with van der Waals surface area (Å²) < 4.78 is 16.2. The van der Waals surface area contributed by atoms with Gasteiger partial charge in [-0.3, -0.25) is 5.10 Å². The first kappa shape index (κ1) is 18.9. The molecule has 2 aromatic heterocycles. The van der Waals surface area contributed by atoms with Gasteiger partial charge in [-0.25, -0.2) is 4.98 Å². The maximum atomic E-state index is 6.31. The maximum Gasteiger partial charge on any atom is 0.203 e. The lowest BCUT2D eigenvalue weighted by molar-refractivity contribution is 0.324. The molecule has 0 saturated carbocycles. The third-order valence-corrected chi connectivity index (χ3v) is 4.69. The van der Waals surface area contributed by atoms with E-state index in [1.54, 1.807) is 39.5 Å². The molecule has 29 heavy (non-hydrogen) atoms. The van der Waals surface area contributed by atoms with Gasteiger partial charge in [-0.1, -0.05) is 41.9 Å². The Bertz CT molecular complexity index is 1140. The number of ether oxygens (including phenoxy) is 3. The maximum absolute atomic E-state index is 6.31. The van der Waals surface area contributed by atoms with E-state index in [4.69, 9.17) is 25.8 Å². The molecule has 0 unspecified atom stereocenters. The molecule has 2 aromatic carbocycles. The lowest BCUT2D eigenvalue weighted by Gasteiger charge is -2.15. The number of anilines is 2. The average Bonchev–Trinajstić information content (AvgIpc) is 3.17. The van der Waals surface area contributed by atoms with E-state index in [1.165, 1.54) is 0 Å². The van der Waals surface area contributed by atoms with Crippen LogP contribution in [0.15, 0.2) is 48.5 Å². The van der Waals surface area contributed by atoms with Crippen molar-refractivity contribution in [3.05, 3.63) is 53.7 Å². The van der Waals surface area contributed by atoms with Crippen LogP contribution in [-0.4, -0.2) is 36.5 Å². The molecule has 148 valence electrons. The summed E-state index contributed by atoms with van der Waals surface area (Å²) in [5.41, 5.74) is 3.23. The summed E-state index contributed by atoms with van der Waals surface area (Å²) in [7, 11) is 4.70. The molecule has 0 bridgehead atoms. The molecule has 0 fully saturated rings. The number of aromatic nitrogens is 3. The number of benzene rings is 2. The van der Waals surface area contributed by atoms with Gasteiger partial charge < -0.3 is 19.5 Å². The van der Waals surface area contributed by atoms with Crippen molar-refractivity contribution in [1.82, 2.24) is 15.2 Å². The van der Waals surface area contributed by atoms with E-state index in [2.05, 4.69) is 20.5 Å². The third-order valence-electron chi connectivity index (χ3n) is 4.50. The Balaban J connectivity index is 1.81. The largest absolute Gasteiger partial charge is 0.493 e. The van der Waals surface area contributed by atoms with E-state index in [0.717, 1.165) is 22.2 Å². The van der Waals surface area contributed by atoms with Crippen LogP contribution >= 0.6 is 11.6 Å². The molecule has 4 rings (SSSR count). The van der Waals surface area contributed by atoms with Gasteiger partial charge in [0.25, 0.3) is 0 Å². The normalized spacial score (nSPS) is 10.8. The zero-order valence-corrected chi connectivity index (χ0v) is 16.9. The predicted octanol–water partition coefficient (Wildman–Crippen LogP) is 5.05. The van der Waals surface area contributed by atoms with Crippen molar-refractivity contribution in [2.24, 2.45) is 0 Å². The van der Waals surface area contributed by atoms with Crippen LogP contribution in [0.25, 0.3) is 22.2 Å². The second-order valence-corrected chi connectivity index (χ2v) is 6.58. The Morgan fingerprint density at radius 1 is 0.931 bits per heavy atom. The number of halogens is 1. The van der Waals surface area contributed by atoms with Crippen LogP contribution in [0.5, 0.6) is 17.2 Å². The molecule has 4 aromatic rings. The summed E-state index contributed by atoms with van der Waals surface area (Å²) >= 11 is 6.31. The molecule has 2 N–H and O–H groups in total. The molecule has 7 nitrogen and oxygen atoms in total. The van der Waals surface area contributed by atoms with Gasteiger partial charge in [-0.05, 0) is 6.07 Å². The molecular formula is C21H19ClN4O3. The van der Waals surface area contributed by atoms with E-state index in [9.17, 15) is 0 Å². The van der Waals surface area contributed by atoms with Crippen LogP contribution in [0.3, 0.4) is 0 Å². The second-order valence-electron chi connectivity index (χ2n) is 6.19. The van der Waals surface area contributed by atoms with Gasteiger partial charge in [0.15, 0.2) is 17.3 Å². The van der Waals surface area contributed by atoms with Crippen molar-refractivity contribution < 1.29 is 14.2 Å². The number of rotatable bonds is 6. The number of hydrogen-bond donors (Lipinski definition) is 2. The number of pyridine rings is 1. The molecule has 2 heterocycles. The summed E-state index contributed by atoms with van der Waals surface area (Å²) in [4.78, 5) is 4.43. The van der Waals surface area contributed by atoms with Crippen molar-refractivity contribution >= 4 is 34.0 Å². The number of fused-ring (bicyclic) bond motifs is 1. The van der Waals surface area contributed by atoms with Crippen LogP contribution in [0.2, 0.25) is 5.15 Å². The topological polar surface area (TPSA) is 81.3 Å². The Hall–Kier alpha value is -3.45. The minimum atomic E-state index is 0.353. The molecule has 0 atom stereocenters. The van der Waals surface area contributed by atoms with Crippen LogP contribution in [-0.2, 0) is 0 Å². The minimum absolute atomic E-state index is 0.353. The molecular weight excluding hydrogens is 392 g/mol. The van der Waals surface area contributed by atoms with Crippen LogP contribution in [0, 0.1) is 0 Å². The monoisotopic (exact) mass is 410 g/mol. The van der Waals surface area contributed by atoms with E-state index >= 15 is 0 Å². The molecule has 0 saturated heterocycles. The van der Waals surface area contributed by atoms with Gasteiger partial charge in [0.2, 0.25) is 5.75 Å². The molecule has 0 amide bonds. The van der Waals surface area contributed by atoms with Crippen molar-refractivity contribution in [1.29, 1.82) is 0 Å². The van der Waals surface area contributed by atoms with Gasteiger partial charge in [-0.15, -0.1) is 0 Å². The molecule has 8 heteroatoms.